The largest absolute Gasteiger partial charge is 0.456 e. The fourth-order valence-electron chi connectivity index (χ4n) is 9.95. The van der Waals surface area contributed by atoms with E-state index in [1.165, 1.54) is 27.4 Å². The van der Waals surface area contributed by atoms with Gasteiger partial charge in [-0.15, -0.1) is 0 Å². The third kappa shape index (κ3) is 5.63. The summed E-state index contributed by atoms with van der Waals surface area (Å²) < 4.78 is 15.8. The maximum absolute atomic E-state index is 6.96. The fraction of sp³-hybridized carbons (Fsp3) is 0. The average Bonchev–Trinajstić information content (AvgIpc) is 4.05. The van der Waals surface area contributed by atoms with Gasteiger partial charge >= 0.3 is 0 Å². The van der Waals surface area contributed by atoms with Crippen LogP contribution in [0.3, 0.4) is 0 Å². The van der Waals surface area contributed by atoms with Crippen LogP contribution in [-0.4, -0.2) is 4.57 Å². The van der Waals surface area contributed by atoms with Crippen molar-refractivity contribution in [2.24, 2.45) is 0 Å². The van der Waals surface area contributed by atoms with Crippen molar-refractivity contribution in [2.45, 2.75) is 0 Å². The van der Waals surface area contributed by atoms with Gasteiger partial charge in [0.25, 0.3) is 0 Å². The van der Waals surface area contributed by atoms with Crippen LogP contribution < -0.4 is 4.90 Å². The Balaban J connectivity index is 1.03. The zero-order valence-electron chi connectivity index (χ0n) is 34.7. The molecule has 0 aliphatic rings. The van der Waals surface area contributed by atoms with Crippen LogP contribution in [0.25, 0.3) is 105 Å². The van der Waals surface area contributed by atoms with Crippen LogP contribution >= 0.6 is 0 Å². The summed E-state index contributed by atoms with van der Waals surface area (Å²) in [4.78, 5) is 2.41. The van der Waals surface area contributed by atoms with E-state index < -0.39 is 0 Å². The molecule has 3 aromatic heterocycles. The number of hydrogen-bond donors (Lipinski definition) is 0. The van der Waals surface area contributed by atoms with E-state index >= 15 is 0 Å². The van der Waals surface area contributed by atoms with Gasteiger partial charge in [0.2, 0.25) is 0 Å². The number of aromatic nitrogens is 1. The van der Waals surface area contributed by atoms with E-state index in [0.29, 0.717) is 0 Å². The van der Waals surface area contributed by atoms with Crippen LogP contribution in [0.4, 0.5) is 17.1 Å². The van der Waals surface area contributed by atoms with E-state index in [1.54, 1.807) is 0 Å². The molecule has 13 aromatic rings. The Morgan fingerprint density at radius 2 is 0.859 bits per heavy atom. The van der Waals surface area contributed by atoms with E-state index in [2.05, 4.69) is 228 Å². The predicted molar refractivity (Wildman–Crippen MR) is 266 cm³/mol. The molecule has 4 heteroatoms. The molecule has 0 aliphatic heterocycles. The van der Waals surface area contributed by atoms with Gasteiger partial charge in [0, 0.05) is 49.4 Å². The van der Waals surface area contributed by atoms with Gasteiger partial charge in [-0.2, -0.15) is 0 Å². The number of furan rings is 2. The molecule has 0 unspecified atom stereocenters. The Morgan fingerprint density at radius 3 is 1.59 bits per heavy atom. The highest BCUT2D eigenvalue weighted by atomic mass is 16.3. The van der Waals surface area contributed by atoms with Gasteiger partial charge in [-0.3, -0.25) is 0 Å². The Bertz CT molecular complexity index is 3840. The van der Waals surface area contributed by atoms with E-state index in [-0.39, 0.29) is 0 Å². The number of benzene rings is 10. The molecular weight excluding hydrogens is 781 g/mol. The van der Waals surface area contributed by atoms with Gasteiger partial charge in [0.1, 0.15) is 22.3 Å². The summed E-state index contributed by atoms with van der Waals surface area (Å²) in [6.07, 6.45) is 0. The monoisotopic (exact) mass is 818 g/mol. The second-order valence-corrected chi connectivity index (χ2v) is 16.4. The predicted octanol–water partition coefficient (Wildman–Crippen LogP) is 17.1. The number of rotatable bonds is 7. The number of hydrogen-bond acceptors (Lipinski definition) is 3. The van der Waals surface area contributed by atoms with Crippen LogP contribution in [-0.2, 0) is 0 Å². The maximum atomic E-state index is 6.96. The Labute approximate surface area is 369 Å². The molecule has 0 amide bonds. The number of fused-ring (bicyclic) bond motifs is 9. The van der Waals surface area contributed by atoms with E-state index in [4.69, 9.17) is 8.83 Å². The SMILES string of the molecule is c1ccc(-c2ccc(N(c3ccccc3-c3cccc4oc5ccccc5c34)c3ccc(-c4ccc(-n5c6ccccc6c6ccccc65)cc4)c4oc5ccccc5c34)cc2)cc1. The third-order valence-electron chi connectivity index (χ3n) is 12.8. The molecule has 0 N–H and O–H groups in total. The molecule has 10 aromatic carbocycles. The van der Waals surface area contributed by atoms with Crippen LogP contribution in [0.5, 0.6) is 0 Å². The Morgan fingerprint density at radius 1 is 0.312 bits per heavy atom. The standard InChI is InChI=1S/C60H38N2O2/c1-2-15-39(16-3-1)40-29-33-43(34-30-40)62(53-25-11-6-19-47(53)48-22-14-28-57-58(48)49-20-7-12-26-55(49)63-57)54-38-37-44(60-59(54)50-21-8-13-27-56(50)64-60)41-31-35-42(36-32-41)61-51-23-9-4-17-45(51)46-18-5-10-24-52(46)61/h1-38H. The highest BCUT2D eigenvalue weighted by Crippen LogP contribution is 2.50. The van der Waals surface area contributed by atoms with E-state index in [0.717, 1.165) is 94.4 Å². The smallest absolute Gasteiger partial charge is 0.145 e. The molecule has 0 fully saturated rings. The summed E-state index contributed by atoms with van der Waals surface area (Å²) in [5, 5.41) is 6.80. The molecule has 300 valence electrons. The minimum absolute atomic E-state index is 0.842. The van der Waals surface area contributed by atoms with Gasteiger partial charge in [-0.25, -0.2) is 0 Å². The molecule has 4 nitrogen and oxygen atoms in total. The molecule has 3 heterocycles. The van der Waals surface area contributed by atoms with Crippen molar-refractivity contribution < 1.29 is 8.83 Å². The summed E-state index contributed by atoms with van der Waals surface area (Å²) in [5.74, 6) is 0. The lowest BCUT2D eigenvalue weighted by atomic mass is 9.95. The van der Waals surface area contributed by atoms with Gasteiger partial charge in [0.15, 0.2) is 0 Å². The van der Waals surface area contributed by atoms with Crippen molar-refractivity contribution in [1.82, 2.24) is 4.57 Å². The molecule has 64 heavy (non-hydrogen) atoms. The highest BCUT2D eigenvalue weighted by molar-refractivity contribution is 6.19. The second-order valence-electron chi connectivity index (χ2n) is 16.4. The first kappa shape index (κ1) is 36.1. The molecule has 0 atom stereocenters. The quantitative estimate of drug-likeness (QED) is 0.161. The number of anilines is 3. The molecule has 0 saturated carbocycles. The Kier molecular flexibility index (Phi) is 8.18. The van der Waals surface area contributed by atoms with Crippen molar-refractivity contribution in [3.05, 3.63) is 231 Å². The molecule has 0 radical (unpaired) electrons. The minimum atomic E-state index is 0.842. The number of para-hydroxylation sites is 5. The third-order valence-corrected chi connectivity index (χ3v) is 12.8. The minimum Gasteiger partial charge on any atom is -0.456 e. The summed E-state index contributed by atoms with van der Waals surface area (Å²) in [5.41, 5.74) is 16.7. The van der Waals surface area contributed by atoms with Crippen molar-refractivity contribution in [1.29, 1.82) is 0 Å². The first-order valence-electron chi connectivity index (χ1n) is 21.8. The van der Waals surface area contributed by atoms with Gasteiger partial charge in [0.05, 0.1) is 27.8 Å². The highest BCUT2D eigenvalue weighted by Gasteiger charge is 2.25. The van der Waals surface area contributed by atoms with Gasteiger partial charge < -0.3 is 18.3 Å². The average molecular weight is 819 g/mol. The van der Waals surface area contributed by atoms with Crippen LogP contribution in [0.2, 0.25) is 0 Å². The number of nitrogens with zero attached hydrogens (tertiary/aromatic N) is 2. The molecule has 0 saturated heterocycles. The van der Waals surface area contributed by atoms with Crippen molar-refractivity contribution in [2.75, 3.05) is 4.90 Å². The molecule has 0 spiro atoms. The van der Waals surface area contributed by atoms with Crippen molar-refractivity contribution >= 4 is 82.7 Å². The lowest BCUT2D eigenvalue weighted by Gasteiger charge is -2.29. The van der Waals surface area contributed by atoms with E-state index in [1.807, 2.05) is 12.1 Å². The van der Waals surface area contributed by atoms with Gasteiger partial charge in [-0.05, 0) is 95.1 Å². The van der Waals surface area contributed by atoms with Crippen molar-refractivity contribution in [3.8, 4) is 39.1 Å². The van der Waals surface area contributed by atoms with Crippen LogP contribution in [0.1, 0.15) is 0 Å². The lowest BCUT2D eigenvalue weighted by molar-refractivity contribution is 0.669. The normalized spacial score (nSPS) is 11.8. The molecule has 0 aliphatic carbocycles. The summed E-state index contributed by atoms with van der Waals surface area (Å²) in [6, 6.07) is 82.0. The molecular formula is C60H38N2O2. The Hall–Kier alpha value is -8.60. The summed E-state index contributed by atoms with van der Waals surface area (Å²) >= 11 is 0. The molecule has 13 rings (SSSR count). The second kappa shape index (κ2) is 14.5. The van der Waals surface area contributed by atoms with Gasteiger partial charge in [-0.1, -0.05) is 158 Å². The summed E-state index contributed by atoms with van der Waals surface area (Å²) in [6.45, 7) is 0. The lowest BCUT2D eigenvalue weighted by Crippen LogP contribution is -2.12. The summed E-state index contributed by atoms with van der Waals surface area (Å²) in [7, 11) is 0. The zero-order chi connectivity index (χ0) is 42.1. The topological polar surface area (TPSA) is 34.5 Å². The zero-order valence-corrected chi connectivity index (χ0v) is 34.7. The molecule has 0 bridgehead atoms. The maximum Gasteiger partial charge on any atom is 0.145 e. The van der Waals surface area contributed by atoms with Crippen LogP contribution in [0.15, 0.2) is 239 Å². The first-order chi connectivity index (χ1) is 31.8. The van der Waals surface area contributed by atoms with Crippen molar-refractivity contribution in [3.63, 3.8) is 0 Å². The van der Waals surface area contributed by atoms with Crippen LogP contribution in [0, 0.1) is 0 Å². The first-order valence-corrected chi connectivity index (χ1v) is 21.8. The fourth-order valence-corrected chi connectivity index (χ4v) is 9.95. The van der Waals surface area contributed by atoms with E-state index in [9.17, 15) is 0 Å².